The number of aryl methyl sites for hydroxylation is 2. The topological polar surface area (TPSA) is 109 Å². The summed E-state index contributed by atoms with van der Waals surface area (Å²) in [6, 6.07) is 9.36. The first kappa shape index (κ1) is 25.2. The molecule has 0 spiro atoms. The second kappa shape index (κ2) is 10.5. The van der Waals surface area contributed by atoms with Crippen molar-refractivity contribution in [3.8, 4) is 0 Å². The number of rotatable bonds is 8. The van der Waals surface area contributed by atoms with Crippen LogP contribution in [0, 0.1) is 13.8 Å². The van der Waals surface area contributed by atoms with Crippen LogP contribution in [-0.4, -0.2) is 77.3 Å². The molecule has 37 heavy (non-hydrogen) atoms. The minimum atomic E-state index is -3.80. The van der Waals surface area contributed by atoms with Gasteiger partial charge in [-0.1, -0.05) is 18.2 Å². The predicted octanol–water partition coefficient (Wildman–Crippen LogP) is 2.82. The number of anilines is 1. The number of hydrogen-bond donors (Lipinski definition) is 0. The van der Waals surface area contributed by atoms with Crippen LogP contribution in [-0.2, 0) is 23.0 Å². The molecular weight excluding hydrogens is 490 g/mol. The van der Waals surface area contributed by atoms with E-state index < -0.39 is 10.0 Å². The van der Waals surface area contributed by atoms with E-state index in [-0.39, 0.29) is 11.4 Å². The summed E-state index contributed by atoms with van der Waals surface area (Å²) in [7, 11) is -2.20. The molecule has 1 saturated heterocycles. The first-order valence-corrected chi connectivity index (χ1v) is 13.8. The molecule has 5 rings (SSSR count). The van der Waals surface area contributed by atoms with E-state index in [2.05, 4.69) is 24.8 Å². The van der Waals surface area contributed by atoms with Crippen molar-refractivity contribution in [1.29, 1.82) is 0 Å². The van der Waals surface area contributed by atoms with Gasteiger partial charge in [0.15, 0.2) is 0 Å². The molecule has 0 unspecified atom stereocenters. The summed E-state index contributed by atoms with van der Waals surface area (Å²) < 4.78 is 34.7. The van der Waals surface area contributed by atoms with Crippen LogP contribution in [0.1, 0.15) is 23.0 Å². The number of para-hydroxylation sites is 1. The molecule has 1 aromatic carbocycles. The Hall–Kier alpha value is -3.41. The molecular formula is C26H31N7O3S. The summed E-state index contributed by atoms with van der Waals surface area (Å²) in [4.78, 5) is 22.2. The lowest BCUT2D eigenvalue weighted by molar-refractivity contribution is 0.224. The van der Waals surface area contributed by atoms with Crippen LogP contribution < -0.4 is 4.90 Å². The van der Waals surface area contributed by atoms with Crippen LogP contribution in [0.3, 0.4) is 0 Å². The van der Waals surface area contributed by atoms with Gasteiger partial charge >= 0.3 is 0 Å². The summed E-state index contributed by atoms with van der Waals surface area (Å²) in [6.45, 7) is 7.57. The SMILES string of the molecule is Cc1nc(CN2CCN(c3nc4ccccc4cc3S(=O)(=O)N(C)CCc3cnccn3)CC2)oc1C. The molecule has 1 aliphatic heterocycles. The predicted molar refractivity (Wildman–Crippen MR) is 141 cm³/mol. The third-order valence-corrected chi connectivity index (χ3v) is 8.62. The Labute approximate surface area is 217 Å². The van der Waals surface area contributed by atoms with Crippen LogP contribution >= 0.6 is 0 Å². The molecule has 4 aromatic rings. The third-order valence-electron chi connectivity index (χ3n) is 6.76. The van der Waals surface area contributed by atoms with Gasteiger partial charge < -0.3 is 9.32 Å². The second-order valence-electron chi connectivity index (χ2n) is 9.29. The van der Waals surface area contributed by atoms with E-state index in [9.17, 15) is 8.42 Å². The Kier molecular flexibility index (Phi) is 7.18. The molecule has 0 amide bonds. The summed E-state index contributed by atoms with van der Waals surface area (Å²) in [5, 5.41) is 0.792. The maximum atomic E-state index is 13.8. The molecule has 194 valence electrons. The van der Waals surface area contributed by atoms with Crippen LogP contribution in [0.5, 0.6) is 0 Å². The average molecular weight is 522 g/mol. The van der Waals surface area contributed by atoms with Gasteiger partial charge in [0.2, 0.25) is 15.9 Å². The summed E-state index contributed by atoms with van der Waals surface area (Å²) in [6.07, 6.45) is 5.34. The van der Waals surface area contributed by atoms with Gasteiger partial charge in [-0.25, -0.2) is 22.7 Å². The van der Waals surface area contributed by atoms with Crippen molar-refractivity contribution in [3.63, 3.8) is 0 Å². The number of sulfonamides is 1. The van der Waals surface area contributed by atoms with Gasteiger partial charge in [-0.2, -0.15) is 0 Å². The highest BCUT2D eigenvalue weighted by Crippen LogP contribution is 2.30. The Morgan fingerprint density at radius 2 is 1.84 bits per heavy atom. The van der Waals surface area contributed by atoms with Crippen molar-refractivity contribution >= 4 is 26.7 Å². The van der Waals surface area contributed by atoms with Gasteiger partial charge in [-0.3, -0.25) is 14.9 Å². The van der Waals surface area contributed by atoms with E-state index in [4.69, 9.17) is 9.40 Å². The fourth-order valence-electron chi connectivity index (χ4n) is 4.44. The number of benzene rings is 1. The largest absolute Gasteiger partial charge is 0.444 e. The fourth-order valence-corrected chi connectivity index (χ4v) is 5.79. The lowest BCUT2D eigenvalue weighted by Crippen LogP contribution is -2.47. The van der Waals surface area contributed by atoms with E-state index >= 15 is 0 Å². The Morgan fingerprint density at radius 3 is 2.54 bits per heavy atom. The van der Waals surface area contributed by atoms with E-state index in [1.54, 1.807) is 31.7 Å². The number of oxazole rings is 1. The summed E-state index contributed by atoms with van der Waals surface area (Å²) in [5.74, 6) is 2.04. The number of nitrogens with zero attached hydrogens (tertiary/aromatic N) is 7. The van der Waals surface area contributed by atoms with Crippen molar-refractivity contribution in [1.82, 2.24) is 29.1 Å². The van der Waals surface area contributed by atoms with E-state index in [0.29, 0.717) is 37.8 Å². The average Bonchev–Trinajstić information content (AvgIpc) is 3.23. The number of piperazine rings is 1. The zero-order valence-corrected chi connectivity index (χ0v) is 22.1. The fraction of sp³-hybridized carbons (Fsp3) is 0.385. The molecule has 1 fully saturated rings. The highest BCUT2D eigenvalue weighted by Gasteiger charge is 2.30. The maximum Gasteiger partial charge on any atom is 0.246 e. The lowest BCUT2D eigenvalue weighted by Gasteiger charge is -2.36. The zero-order valence-electron chi connectivity index (χ0n) is 21.3. The number of likely N-dealkylation sites (N-methyl/N-ethyl adjacent to an activating group) is 1. The number of pyridine rings is 1. The van der Waals surface area contributed by atoms with E-state index in [0.717, 1.165) is 41.1 Å². The highest BCUT2D eigenvalue weighted by atomic mass is 32.2. The van der Waals surface area contributed by atoms with Crippen molar-refractivity contribution in [3.05, 3.63) is 72.0 Å². The molecule has 0 aliphatic carbocycles. The van der Waals surface area contributed by atoms with Crippen LogP contribution in [0.2, 0.25) is 0 Å². The number of fused-ring (bicyclic) bond motifs is 1. The van der Waals surface area contributed by atoms with Crippen LogP contribution in [0.15, 0.2) is 58.2 Å². The first-order chi connectivity index (χ1) is 17.8. The van der Waals surface area contributed by atoms with Gasteiger partial charge in [-0.15, -0.1) is 0 Å². The zero-order chi connectivity index (χ0) is 26.0. The Bertz CT molecular complexity index is 1460. The standard InChI is InChI=1S/C26H31N7O3S/c1-19-20(2)36-25(29-19)18-32-12-14-33(15-13-32)26-24(16-21-6-4-5-7-23(21)30-26)37(34,35)31(3)11-8-22-17-27-9-10-28-22/h4-7,9-10,16-17H,8,11-15,18H2,1-3H3. The quantitative estimate of drug-likeness (QED) is 0.346. The molecule has 4 heterocycles. The molecule has 0 N–H and O–H groups in total. The van der Waals surface area contributed by atoms with E-state index in [1.807, 2.05) is 38.1 Å². The normalized spacial score (nSPS) is 15.1. The summed E-state index contributed by atoms with van der Waals surface area (Å²) in [5.41, 5.74) is 2.42. The molecule has 1 aliphatic rings. The van der Waals surface area contributed by atoms with Crippen molar-refractivity contribution in [2.24, 2.45) is 0 Å². The molecule has 0 saturated carbocycles. The number of aromatic nitrogens is 4. The minimum absolute atomic E-state index is 0.222. The van der Waals surface area contributed by atoms with Gasteiger partial charge in [0.1, 0.15) is 16.5 Å². The minimum Gasteiger partial charge on any atom is -0.444 e. The van der Waals surface area contributed by atoms with Gasteiger partial charge in [0.05, 0.1) is 23.4 Å². The molecule has 0 radical (unpaired) electrons. The molecule has 0 atom stereocenters. The molecule has 11 heteroatoms. The highest BCUT2D eigenvalue weighted by molar-refractivity contribution is 7.89. The van der Waals surface area contributed by atoms with Gasteiger partial charge in [-0.05, 0) is 26.0 Å². The Balaban J connectivity index is 1.38. The van der Waals surface area contributed by atoms with Crippen molar-refractivity contribution in [2.45, 2.75) is 31.7 Å². The number of hydrogen-bond acceptors (Lipinski definition) is 9. The summed E-state index contributed by atoms with van der Waals surface area (Å²) >= 11 is 0. The van der Waals surface area contributed by atoms with Crippen LogP contribution in [0.4, 0.5) is 5.82 Å². The lowest BCUT2D eigenvalue weighted by atomic mass is 10.2. The first-order valence-electron chi connectivity index (χ1n) is 12.3. The van der Waals surface area contributed by atoms with Crippen molar-refractivity contribution < 1.29 is 12.8 Å². The third kappa shape index (κ3) is 5.48. The van der Waals surface area contributed by atoms with Crippen LogP contribution in [0.25, 0.3) is 10.9 Å². The maximum absolute atomic E-state index is 13.8. The molecule has 0 bridgehead atoms. The second-order valence-corrected chi connectivity index (χ2v) is 11.3. The molecule has 3 aromatic heterocycles. The smallest absolute Gasteiger partial charge is 0.246 e. The van der Waals surface area contributed by atoms with Crippen molar-refractivity contribution in [2.75, 3.05) is 44.7 Å². The monoisotopic (exact) mass is 521 g/mol. The van der Waals surface area contributed by atoms with E-state index in [1.165, 1.54) is 4.31 Å². The molecule has 10 nitrogen and oxygen atoms in total. The van der Waals surface area contributed by atoms with Gasteiger partial charge in [0.25, 0.3) is 0 Å². The van der Waals surface area contributed by atoms with Gasteiger partial charge in [0, 0.05) is 70.2 Å². The Morgan fingerprint density at radius 1 is 1.05 bits per heavy atom.